The largest absolute Gasteiger partial charge is 0.457 e. The fourth-order valence-corrected chi connectivity index (χ4v) is 5.87. The molecule has 1 rings (SSSR count). The number of hydrogen-bond acceptors (Lipinski definition) is 9. The first-order chi connectivity index (χ1) is 22.9. The zero-order valence-corrected chi connectivity index (χ0v) is 30.0. The second-order valence-corrected chi connectivity index (χ2v) is 13.3. The van der Waals surface area contributed by atoms with Crippen molar-refractivity contribution in [3.05, 3.63) is 12.2 Å². The summed E-state index contributed by atoms with van der Waals surface area (Å²) in [6.07, 6.45) is 26.3. The average Bonchev–Trinajstić information content (AvgIpc) is 3.08. The maximum Gasteiger partial charge on any atom is 0.305 e. The van der Waals surface area contributed by atoms with Gasteiger partial charge in [-0.05, 0) is 32.1 Å². The predicted molar refractivity (Wildman–Crippen MR) is 187 cm³/mol. The summed E-state index contributed by atoms with van der Waals surface area (Å²) in [7, 11) is 0. The lowest BCUT2D eigenvalue weighted by molar-refractivity contribution is -0.305. The number of ether oxygens (including phenoxy) is 4. The summed E-state index contributed by atoms with van der Waals surface area (Å²) < 4.78 is 22.0. The third kappa shape index (κ3) is 23.1. The van der Waals surface area contributed by atoms with E-state index in [0.717, 1.165) is 12.8 Å². The third-order valence-corrected chi connectivity index (χ3v) is 8.99. The van der Waals surface area contributed by atoms with E-state index in [1.54, 1.807) is 6.92 Å². The highest BCUT2D eigenvalue weighted by molar-refractivity contribution is 5.69. The topological polar surface area (TPSA) is 135 Å². The van der Waals surface area contributed by atoms with E-state index >= 15 is 0 Å². The Balaban J connectivity index is 1.95. The second kappa shape index (κ2) is 30.9. The van der Waals surface area contributed by atoms with Gasteiger partial charge in [-0.15, -0.1) is 0 Å². The van der Waals surface area contributed by atoms with Gasteiger partial charge >= 0.3 is 5.97 Å². The lowest BCUT2D eigenvalue weighted by atomic mass is 9.99. The molecule has 6 unspecified atom stereocenters. The summed E-state index contributed by atoms with van der Waals surface area (Å²) in [6, 6.07) is 0. The van der Waals surface area contributed by atoms with Gasteiger partial charge in [0.15, 0.2) is 6.29 Å². The Bertz CT molecular complexity index is 732. The number of aliphatic hydroxyl groups is 4. The normalized spacial score (nSPS) is 22.2. The Morgan fingerprint density at radius 1 is 0.660 bits per heavy atom. The Hall–Kier alpha value is -1.07. The molecule has 0 bridgehead atoms. The molecule has 1 aliphatic rings. The van der Waals surface area contributed by atoms with Crippen LogP contribution in [0, 0.1) is 0 Å². The van der Waals surface area contributed by atoms with Crippen molar-refractivity contribution in [1.29, 1.82) is 0 Å². The summed E-state index contributed by atoms with van der Waals surface area (Å²) in [4.78, 5) is 11.9. The minimum Gasteiger partial charge on any atom is -0.457 e. The second-order valence-electron chi connectivity index (χ2n) is 13.3. The molecule has 1 heterocycles. The van der Waals surface area contributed by atoms with Gasteiger partial charge in [-0.2, -0.15) is 0 Å². The summed E-state index contributed by atoms with van der Waals surface area (Å²) >= 11 is 0. The Morgan fingerprint density at radius 2 is 1.15 bits per heavy atom. The van der Waals surface area contributed by atoms with Crippen LogP contribution in [-0.2, 0) is 23.7 Å². The maximum absolute atomic E-state index is 11.9. The summed E-state index contributed by atoms with van der Waals surface area (Å²) in [5.41, 5.74) is 0. The monoisotopic (exact) mass is 673 g/mol. The number of unbranched alkanes of at least 4 members (excludes halogenated alkanes) is 20. The molecule has 278 valence electrons. The quantitative estimate of drug-likeness (QED) is 0.0330. The van der Waals surface area contributed by atoms with Gasteiger partial charge in [-0.25, -0.2) is 0 Å². The van der Waals surface area contributed by atoms with E-state index in [4.69, 9.17) is 18.9 Å². The van der Waals surface area contributed by atoms with E-state index in [1.807, 2.05) is 0 Å². The molecule has 0 radical (unpaired) electrons. The summed E-state index contributed by atoms with van der Waals surface area (Å²) in [6.45, 7) is 4.00. The molecule has 0 aromatic carbocycles. The smallest absolute Gasteiger partial charge is 0.305 e. The van der Waals surface area contributed by atoms with Crippen molar-refractivity contribution in [2.45, 2.75) is 198 Å². The van der Waals surface area contributed by atoms with Gasteiger partial charge in [0.2, 0.25) is 0 Å². The van der Waals surface area contributed by atoms with Crippen molar-refractivity contribution in [1.82, 2.24) is 0 Å². The molecule has 0 saturated carbocycles. The first-order valence-electron chi connectivity index (χ1n) is 19.3. The van der Waals surface area contributed by atoms with Crippen LogP contribution in [0.4, 0.5) is 0 Å². The number of allylic oxidation sites excluding steroid dienone is 2. The van der Waals surface area contributed by atoms with E-state index < -0.39 is 49.4 Å². The molecule has 0 aromatic heterocycles. The van der Waals surface area contributed by atoms with Crippen molar-refractivity contribution >= 4 is 5.97 Å². The Labute approximate surface area is 286 Å². The van der Waals surface area contributed by atoms with Crippen molar-refractivity contribution in [3.63, 3.8) is 0 Å². The van der Waals surface area contributed by atoms with Crippen LogP contribution in [0.1, 0.15) is 162 Å². The molecule has 0 spiro atoms. The molecule has 0 aromatic rings. The van der Waals surface area contributed by atoms with Crippen LogP contribution < -0.4 is 0 Å². The first-order valence-corrected chi connectivity index (χ1v) is 19.3. The molecule has 0 amide bonds. The highest BCUT2D eigenvalue weighted by Gasteiger charge is 2.44. The van der Waals surface area contributed by atoms with Gasteiger partial charge in [0, 0.05) is 13.0 Å². The lowest BCUT2D eigenvalue weighted by Gasteiger charge is -2.39. The van der Waals surface area contributed by atoms with Crippen LogP contribution in [0.5, 0.6) is 0 Å². The fourth-order valence-electron chi connectivity index (χ4n) is 5.87. The maximum atomic E-state index is 11.9. The molecule has 4 N–H and O–H groups in total. The number of aliphatic hydroxyl groups excluding tert-OH is 4. The van der Waals surface area contributed by atoms with Gasteiger partial charge in [-0.1, -0.05) is 135 Å². The van der Waals surface area contributed by atoms with Crippen LogP contribution >= 0.6 is 0 Å². The lowest BCUT2D eigenvalue weighted by Crippen LogP contribution is -2.59. The molecule has 6 atom stereocenters. The molecule has 1 aliphatic heterocycles. The molecule has 0 aliphatic carbocycles. The van der Waals surface area contributed by atoms with Gasteiger partial charge < -0.3 is 39.4 Å². The van der Waals surface area contributed by atoms with Gasteiger partial charge in [0.25, 0.3) is 0 Å². The summed E-state index contributed by atoms with van der Waals surface area (Å²) in [5.74, 6) is -0.400. The fraction of sp³-hybridized carbons (Fsp3) is 0.921. The van der Waals surface area contributed by atoms with Gasteiger partial charge in [0.05, 0.1) is 19.8 Å². The summed E-state index contributed by atoms with van der Waals surface area (Å²) in [5, 5.41) is 39.4. The van der Waals surface area contributed by atoms with Gasteiger partial charge in [-0.3, -0.25) is 4.79 Å². The highest BCUT2D eigenvalue weighted by atomic mass is 16.7. The molecular formula is C38H72O9. The number of hydrogen-bond donors (Lipinski definition) is 4. The minimum atomic E-state index is -1.53. The van der Waals surface area contributed by atoms with Crippen molar-refractivity contribution in [2.24, 2.45) is 0 Å². The molecule has 1 fully saturated rings. The molecule has 1 saturated heterocycles. The van der Waals surface area contributed by atoms with E-state index in [2.05, 4.69) is 19.1 Å². The van der Waals surface area contributed by atoms with Crippen LogP contribution in [0.3, 0.4) is 0 Å². The number of carbonyl (C=O) groups excluding carboxylic acids is 1. The zero-order chi connectivity index (χ0) is 34.4. The third-order valence-electron chi connectivity index (χ3n) is 8.99. The molecule has 9 nitrogen and oxygen atoms in total. The van der Waals surface area contributed by atoms with Crippen LogP contribution in [0.25, 0.3) is 0 Å². The van der Waals surface area contributed by atoms with Crippen molar-refractivity contribution in [3.8, 4) is 0 Å². The number of carbonyl (C=O) groups is 1. The zero-order valence-electron chi connectivity index (χ0n) is 30.0. The average molecular weight is 673 g/mol. The molecular weight excluding hydrogens is 600 g/mol. The first kappa shape index (κ1) is 44.0. The van der Waals surface area contributed by atoms with Crippen LogP contribution in [0.15, 0.2) is 12.2 Å². The van der Waals surface area contributed by atoms with E-state index in [9.17, 15) is 25.2 Å². The molecule has 47 heavy (non-hydrogen) atoms. The minimum absolute atomic E-state index is 0.120. The number of esters is 1. The SMILES string of the molecule is CCCCCCCCCC/C=C\CCCCCCCCCCCCCCOCC(COC1OC(CO)C(O)C(O)C1O)OC(=O)CC. The van der Waals surface area contributed by atoms with E-state index in [0.29, 0.717) is 6.61 Å². The molecule has 9 heteroatoms. The van der Waals surface area contributed by atoms with Gasteiger partial charge in [0.1, 0.15) is 30.5 Å². The van der Waals surface area contributed by atoms with Crippen molar-refractivity contribution < 1.29 is 44.2 Å². The predicted octanol–water partition coefficient (Wildman–Crippen LogP) is 7.30. The Kier molecular flexibility index (Phi) is 28.9. The Morgan fingerprint density at radius 3 is 1.64 bits per heavy atom. The van der Waals surface area contributed by atoms with E-state index in [1.165, 1.54) is 128 Å². The van der Waals surface area contributed by atoms with Crippen LogP contribution in [0.2, 0.25) is 0 Å². The van der Waals surface area contributed by atoms with E-state index in [-0.39, 0.29) is 19.6 Å². The van der Waals surface area contributed by atoms with Crippen molar-refractivity contribution in [2.75, 3.05) is 26.4 Å². The highest BCUT2D eigenvalue weighted by Crippen LogP contribution is 2.22. The number of rotatable bonds is 32. The standard InChI is InChI=1S/C38H72O9/c1-3-5-6-7-8-9-10-11-12-13-14-15-16-17-18-19-20-21-22-23-24-25-26-27-28-44-30-32(46-34(40)4-2)31-45-38-37(43)36(42)35(41)33(29-39)47-38/h13-14,32-33,35-39,41-43H,3-12,15-31H2,1-2H3/b14-13-. The van der Waals surface area contributed by atoms with Crippen LogP contribution in [-0.4, -0.2) is 89.6 Å².